The van der Waals surface area contributed by atoms with E-state index in [9.17, 15) is 4.39 Å². The molecule has 0 fully saturated rings. The smallest absolute Gasteiger partial charge is 0.237 e. The third-order valence-corrected chi connectivity index (χ3v) is 6.12. The van der Waals surface area contributed by atoms with Crippen LogP contribution in [0.25, 0.3) is 28.5 Å². The highest BCUT2D eigenvalue weighted by molar-refractivity contribution is 7.98. The number of thioether (sulfide) groups is 1. The van der Waals surface area contributed by atoms with Crippen LogP contribution in [0.5, 0.6) is 11.5 Å². The Morgan fingerprint density at radius 2 is 1.69 bits per heavy atom. The Morgan fingerprint density at radius 3 is 2.43 bits per heavy atom. The van der Waals surface area contributed by atoms with E-state index >= 15 is 0 Å². The Bertz CT molecular complexity index is 1430. The molecule has 0 saturated heterocycles. The van der Waals surface area contributed by atoms with Crippen molar-refractivity contribution in [3.63, 3.8) is 0 Å². The van der Waals surface area contributed by atoms with Gasteiger partial charge in [0.1, 0.15) is 17.3 Å². The number of benzene rings is 3. The minimum Gasteiger partial charge on any atom is -0.497 e. The minimum absolute atomic E-state index is 0.322. The average Bonchev–Trinajstić information content (AvgIpc) is 3.55. The normalized spacial score (nSPS) is 10.9. The van der Waals surface area contributed by atoms with E-state index in [0.29, 0.717) is 39.8 Å². The number of rotatable bonds is 8. The molecule has 0 spiro atoms. The first kappa shape index (κ1) is 22.6. The number of para-hydroxylation sites is 1. The fourth-order valence-electron chi connectivity index (χ4n) is 3.49. The molecule has 0 bridgehead atoms. The maximum atomic E-state index is 13.2. The molecule has 10 heteroatoms. The lowest BCUT2D eigenvalue weighted by Crippen LogP contribution is -2.01. The molecule has 5 rings (SSSR count). The summed E-state index contributed by atoms with van der Waals surface area (Å²) in [5.41, 5.74) is 2.34. The van der Waals surface area contributed by atoms with Gasteiger partial charge in [0.05, 0.1) is 31.2 Å². The predicted octanol–water partition coefficient (Wildman–Crippen LogP) is 5.43. The van der Waals surface area contributed by atoms with Gasteiger partial charge in [0.2, 0.25) is 11.7 Å². The molecule has 0 aliphatic heterocycles. The SMILES string of the molecule is COc1ccc(-n2c(SCc3nc(-c4ccc(F)cc4)no3)nnc2-c2ccccc2OC)cc1. The number of hydrogen-bond acceptors (Lipinski definition) is 8. The Hall–Kier alpha value is -4.18. The molecule has 8 nitrogen and oxygen atoms in total. The largest absolute Gasteiger partial charge is 0.497 e. The monoisotopic (exact) mass is 489 g/mol. The van der Waals surface area contributed by atoms with Gasteiger partial charge in [-0.05, 0) is 60.7 Å². The Morgan fingerprint density at radius 1 is 0.914 bits per heavy atom. The van der Waals surface area contributed by atoms with Gasteiger partial charge >= 0.3 is 0 Å². The summed E-state index contributed by atoms with van der Waals surface area (Å²) in [5.74, 6) is 2.92. The van der Waals surface area contributed by atoms with E-state index in [2.05, 4.69) is 20.3 Å². The molecule has 2 heterocycles. The lowest BCUT2D eigenvalue weighted by atomic mass is 10.2. The van der Waals surface area contributed by atoms with Crippen molar-refractivity contribution in [2.45, 2.75) is 10.9 Å². The summed E-state index contributed by atoms with van der Waals surface area (Å²) in [7, 11) is 3.25. The quantitative estimate of drug-likeness (QED) is 0.267. The van der Waals surface area contributed by atoms with E-state index in [1.54, 1.807) is 26.4 Å². The molecule has 0 aliphatic rings. The molecule has 0 saturated carbocycles. The molecule has 2 aromatic heterocycles. The molecule has 0 radical (unpaired) electrons. The summed E-state index contributed by atoms with van der Waals surface area (Å²) in [4.78, 5) is 4.43. The molecule has 5 aromatic rings. The van der Waals surface area contributed by atoms with Crippen molar-refractivity contribution >= 4 is 11.8 Å². The zero-order valence-corrected chi connectivity index (χ0v) is 19.7. The Kier molecular flexibility index (Phi) is 6.44. The van der Waals surface area contributed by atoms with Crippen LogP contribution in [0.15, 0.2) is 82.5 Å². The first-order valence-corrected chi connectivity index (χ1v) is 11.6. The Balaban J connectivity index is 1.47. The predicted molar refractivity (Wildman–Crippen MR) is 129 cm³/mol. The van der Waals surface area contributed by atoms with E-state index in [1.807, 2.05) is 53.1 Å². The molecule has 0 unspecified atom stereocenters. The lowest BCUT2D eigenvalue weighted by Gasteiger charge is -2.12. The molecule has 0 N–H and O–H groups in total. The zero-order valence-electron chi connectivity index (χ0n) is 18.9. The maximum Gasteiger partial charge on any atom is 0.237 e. The van der Waals surface area contributed by atoms with Gasteiger partial charge in [0.15, 0.2) is 11.0 Å². The van der Waals surface area contributed by atoms with Gasteiger partial charge in [0.25, 0.3) is 0 Å². The number of hydrogen-bond donors (Lipinski definition) is 0. The van der Waals surface area contributed by atoms with Crippen LogP contribution in [0.1, 0.15) is 5.89 Å². The van der Waals surface area contributed by atoms with Crippen molar-refractivity contribution in [2.75, 3.05) is 14.2 Å². The van der Waals surface area contributed by atoms with E-state index in [-0.39, 0.29) is 5.82 Å². The highest BCUT2D eigenvalue weighted by Gasteiger charge is 2.20. The zero-order chi connectivity index (χ0) is 24.2. The van der Waals surface area contributed by atoms with Crippen molar-refractivity contribution in [3.8, 4) is 40.0 Å². The third kappa shape index (κ3) is 4.73. The highest BCUT2D eigenvalue weighted by Crippen LogP contribution is 2.34. The van der Waals surface area contributed by atoms with E-state index in [1.165, 1.54) is 23.9 Å². The molecule has 3 aromatic carbocycles. The molecule has 35 heavy (non-hydrogen) atoms. The summed E-state index contributed by atoms with van der Waals surface area (Å²) in [6.07, 6.45) is 0. The minimum atomic E-state index is -0.322. The van der Waals surface area contributed by atoms with Gasteiger partial charge in [0, 0.05) is 5.56 Å². The first-order chi connectivity index (χ1) is 17.2. The van der Waals surface area contributed by atoms with Gasteiger partial charge in [-0.1, -0.05) is 29.1 Å². The fraction of sp³-hybridized carbons (Fsp3) is 0.120. The summed E-state index contributed by atoms with van der Waals surface area (Å²) >= 11 is 1.41. The van der Waals surface area contributed by atoms with E-state index < -0.39 is 0 Å². The van der Waals surface area contributed by atoms with Crippen LogP contribution in [0.3, 0.4) is 0 Å². The van der Waals surface area contributed by atoms with E-state index in [0.717, 1.165) is 17.0 Å². The molecule has 0 aliphatic carbocycles. The molecular weight excluding hydrogens is 469 g/mol. The van der Waals surface area contributed by atoms with Gasteiger partial charge in [-0.2, -0.15) is 4.98 Å². The number of halogens is 1. The van der Waals surface area contributed by atoms with Crippen LogP contribution in [0.4, 0.5) is 4.39 Å². The molecule has 0 amide bonds. The van der Waals surface area contributed by atoms with E-state index in [4.69, 9.17) is 14.0 Å². The average molecular weight is 490 g/mol. The fourth-order valence-corrected chi connectivity index (χ4v) is 4.28. The number of nitrogens with zero attached hydrogens (tertiary/aromatic N) is 5. The first-order valence-electron chi connectivity index (χ1n) is 10.6. The van der Waals surface area contributed by atoms with Crippen molar-refractivity contribution in [1.29, 1.82) is 0 Å². The summed E-state index contributed by atoms with van der Waals surface area (Å²) < 4.78 is 31.4. The molecular formula is C25H20FN5O3S. The molecule has 0 atom stereocenters. The topological polar surface area (TPSA) is 88.1 Å². The lowest BCUT2D eigenvalue weighted by molar-refractivity contribution is 0.391. The van der Waals surface area contributed by atoms with Crippen molar-refractivity contribution in [3.05, 3.63) is 84.5 Å². The summed E-state index contributed by atoms with van der Waals surface area (Å²) in [5, 5.41) is 13.5. The standard InChI is InChI=1S/C25H20FN5O3S/c1-32-19-13-11-18(12-14-19)31-24(20-5-3-4-6-21(20)33-2)28-29-25(31)35-15-22-27-23(30-34-22)16-7-9-17(26)10-8-16/h3-14H,15H2,1-2H3. The summed E-state index contributed by atoms with van der Waals surface area (Å²) in [6.45, 7) is 0. The van der Waals surface area contributed by atoms with Gasteiger partial charge in [-0.15, -0.1) is 10.2 Å². The summed E-state index contributed by atoms with van der Waals surface area (Å²) in [6, 6.07) is 21.2. The second-order valence-electron chi connectivity index (χ2n) is 7.35. The van der Waals surface area contributed by atoms with Crippen LogP contribution < -0.4 is 9.47 Å². The Labute approximate surface area is 204 Å². The van der Waals surface area contributed by atoms with Crippen molar-refractivity contribution < 1.29 is 18.4 Å². The van der Waals surface area contributed by atoms with Crippen LogP contribution in [0, 0.1) is 5.82 Å². The third-order valence-electron chi connectivity index (χ3n) is 5.21. The van der Waals surface area contributed by atoms with Crippen LogP contribution >= 0.6 is 11.8 Å². The molecule has 176 valence electrons. The van der Waals surface area contributed by atoms with Crippen LogP contribution in [-0.4, -0.2) is 39.1 Å². The van der Waals surface area contributed by atoms with Gasteiger partial charge in [-0.3, -0.25) is 4.57 Å². The van der Waals surface area contributed by atoms with Gasteiger partial charge < -0.3 is 14.0 Å². The van der Waals surface area contributed by atoms with Crippen LogP contribution in [0.2, 0.25) is 0 Å². The van der Waals surface area contributed by atoms with Crippen molar-refractivity contribution in [1.82, 2.24) is 24.9 Å². The maximum absolute atomic E-state index is 13.2. The second kappa shape index (κ2) is 9.98. The highest BCUT2D eigenvalue weighted by atomic mass is 32.2. The van der Waals surface area contributed by atoms with Gasteiger partial charge in [-0.25, -0.2) is 4.39 Å². The number of ether oxygens (including phenoxy) is 2. The van der Waals surface area contributed by atoms with Crippen LogP contribution in [-0.2, 0) is 5.75 Å². The number of aromatic nitrogens is 5. The number of methoxy groups -OCH3 is 2. The van der Waals surface area contributed by atoms with Crippen molar-refractivity contribution in [2.24, 2.45) is 0 Å². The second-order valence-corrected chi connectivity index (χ2v) is 8.29.